The van der Waals surface area contributed by atoms with Crippen LogP contribution in [0.15, 0.2) is 18.2 Å². The monoisotopic (exact) mass is 244 g/mol. The van der Waals surface area contributed by atoms with Crippen LogP contribution in [-0.4, -0.2) is 5.78 Å². The van der Waals surface area contributed by atoms with E-state index in [1.165, 1.54) is 30.4 Å². The Morgan fingerprint density at radius 1 is 1.39 bits per heavy atom. The number of unbranched alkanes of at least 4 members (excludes halogenated alkanes) is 1. The number of carbonyl (C=O) groups is 1. The first-order valence-electron chi connectivity index (χ1n) is 7.11. The zero-order valence-corrected chi connectivity index (χ0v) is 12.0. The first-order chi connectivity index (χ1) is 8.48. The standard InChI is InChI=1S/C17H24O/c1-5-6-8-13-11-15-14(12(2)18)9-7-10-16(15)17(13,3)4/h7,9-10,13H,5-6,8,11H2,1-4H3. The summed E-state index contributed by atoms with van der Waals surface area (Å²) in [6, 6.07) is 6.24. The highest BCUT2D eigenvalue weighted by atomic mass is 16.1. The third kappa shape index (κ3) is 2.11. The molecule has 1 aliphatic carbocycles. The normalized spacial score (nSPS) is 20.8. The van der Waals surface area contributed by atoms with E-state index in [0.717, 1.165) is 12.0 Å². The van der Waals surface area contributed by atoms with Gasteiger partial charge in [0.25, 0.3) is 0 Å². The Kier molecular flexibility index (Phi) is 3.61. The zero-order chi connectivity index (χ0) is 13.3. The maximum Gasteiger partial charge on any atom is 0.160 e. The van der Waals surface area contributed by atoms with Crippen LogP contribution < -0.4 is 0 Å². The highest BCUT2D eigenvalue weighted by molar-refractivity contribution is 5.96. The molecule has 1 aliphatic rings. The minimum atomic E-state index is 0.207. The van der Waals surface area contributed by atoms with Crippen molar-refractivity contribution in [1.29, 1.82) is 0 Å². The van der Waals surface area contributed by atoms with Gasteiger partial charge in [0.2, 0.25) is 0 Å². The number of hydrogen-bond acceptors (Lipinski definition) is 1. The van der Waals surface area contributed by atoms with E-state index >= 15 is 0 Å². The van der Waals surface area contributed by atoms with E-state index in [1.807, 2.05) is 12.1 Å². The lowest BCUT2D eigenvalue weighted by atomic mass is 9.76. The van der Waals surface area contributed by atoms with Crippen LogP contribution >= 0.6 is 0 Å². The molecule has 0 amide bonds. The summed E-state index contributed by atoms with van der Waals surface area (Å²) >= 11 is 0. The van der Waals surface area contributed by atoms with Gasteiger partial charge in [-0.15, -0.1) is 0 Å². The highest BCUT2D eigenvalue weighted by Crippen LogP contribution is 2.46. The molecule has 1 heteroatoms. The highest BCUT2D eigenvalue weighted by Gasteiger charge is 2.39. The molecule has 1 unspecified atom stereocenters. The molecule has 0 radical (unpaired) electrons. The van der Waals surface area contributed by atoms with Gasteiger partial charge in [-0.1, -0.05) is 51.8 Å². The molecule has 0 N–H and O–H groups in total. The van der Waals surface area contributed by atoms with Crippen LogP contribution in [0.5, 0.6) is 0 Å². The third-order valence-corrected chi connectivity index (χ3v) is 4.63. The first kappa shape index (κ1) is 13.3. The number of rotatable bonds is 4. The molecule has 18 heavy (non-hydrogen) atoms. The molecule has 0 spiro atoms. The van der Waals surface area contributed by atoms with Crippen molar-refractivity contribution in [2.75, 3.05) is 0 Å². The van der Waals surface area contributed by atoms with E-state index in [0.29, 0.717) is 5.92 Å². The minimum Gasteiger partial charge on any atom is -0.295 e. The number of fused-ring (bicyclic) bond motifs is 1. The van der Waals surface area contributed by atoms with Gasteiger partial charge in [-0.25, -0.2) is 0 Å². The van der Waals surface area contributed by atoms with Gasteiger partial charge in [0.15, 0.2) is 5.78 Å². The molecule has 1 aromatic rings. The lowest BCUT2D eigenvalue weighted by Crippen LogP contribution is -2.23. The summed E-state index contributed by atoms with van der Waals surface area (Å²) in [6.45, 7) is 8.60. The van der Waals surface area contributed by atoms with Gasteiger partial charge >= 0.3 is 0 Å². The molecule has 0 saturated carbocycles. The second-order valence-corrected chi connectivity index (χ2v) is 6.15. The molecule has 1 atom stereocenters. The minimum absolute atomic E-state index is 0.207. The Labute approximate surface area is 111 Å². The van der Waals surface area contributed by atoms with E-state index < -0.39 is 0 Å². The number of benzene rings is 1. The van der Waals surface area contributed by atoms with Crippen molar-refractivity contribution in [3.63, 3.8) is 0 Å². The average Bonchev–Trinajstić information content (AvgIpc) is 2.58. The largest absolute Gasteiger partial charge is 0.295 e. The van der Waals surface area contributed by atoms with Gasteiger partial charge in [-0.2, -0.15) is 0 Å². The molecular weight excluding hydrogens is 220 g/mol. The van der Waals surface area contributed by atoms with Crippen molar-refractivity contribution < 1.29 is 4.79 Å². The molecule has 0 aliphatic heterocycles. The van der Waals surface area contributed by atoms with Crippen LogP contribution in [0.4, 0.5) is 0 Å². The number of Topliss-reactive ketones (excluding diaryl/α,β-unsaturated/α-hetero) is 1. The van der Waals surface area contributed by atoms with Gasteiger partial charge in [-0.05, 0) is 42.2 Å². The number of hydrogen-bond donors (Lipinski definition) is 0. The summed E-state index contributed by atoms with van der Waals surface area (Å²) in [4.78, 5) is 11.7. The Balaban J connectivity index is 2.38. The van der Waals surface area contributed by atoms with Crippen molar-refractivity contribution in [3.05, 3.63) is 34.9 Å². The molecule has 0 aromatic heterocycles. The van der Waals surface area contributed by atoms with Crippen LogP contribution in [0.3, 0.4) is 0 Å². The smallest absolute Gasteiger partial charge is 0.160 e. The van der Waals surface area contributed by atoms with Crippen molar-refractivity contribution in [2.45, 2.75) is 58.8 Å². The fourth-order valence-electron chi connectivity index (χ4n) is 3.38. The summed E-state index contributed by atoms with van der Waals surface area (Å²) in [6.07, 6.45) is 4.90. The molecule has 0 fully saturated rings. The molecule has 0 bridgehead atoms. The Bertz CT molecular complexity index is 457. The second kappa shape index (κ2) is 4.87. The van der Waals surface area contributed by atoms with Gasteiger partial charge in [0.1, 0.15) is 0 Å². The van der Waals surface area contributed by atoms with E-state index in [9.17, 15) is 4.79 Å². The van der Waals surface area contributed by atoms with Crippen molar-refractivity contribution in [1.82, 2.24) is 0 Å². The number of ketones is 1. The van der Waals surface area contributed by atoms with Crippen LogP contribution in [0.2, 0.25) is 0 Å². The average molecular weight is 244 g/mol. The number of carbonyl (C=O) groups excluding carboxylic acids is 1. The lowest BCUT2D eigenvalue weighted by molar-refractivity contribution is 0.101. The summed E-state index contributed by atoms with van der Waals surface area (Å²) in [5.41, 5.74) is 3.88. The van der Waals surface area contributed by atoms with Gasteiger partial charge in [0.05, 0.1) is 0 Å². The summed E-state index contributed by atoms with van der Waals surface area (Å²) in [5, 5.41) is 0. The molecule has 1 nitrogen and oxygen atoms in total. The molecule has 2 rings (SSSR count). The lowest BCUT2D eigenvalue weighted by Gasteiger charge is -2.28. The van der Waals surface area contributed by atoms with Crippen LogP contribution in [-0.2, 0) is 11.8 Å². The van der Waals surface area contributed by atoms with Crippen LogP contribution in [0.25, 0.3) is 0 Å². The predicted molar refractivity (Wildman–Crippen MR) is 76.2 cm³/mol. The predicted octanol–water partition coefficient (Wildman–Crippen LogP) is 4.53. The van der Waals surface area contributed by atoms with Gasteiger partial charge in [0, 0.05) is 5.56 Å². The SMILES string of the molecule is CCCCC1Cc2c(C(C)=O)cccc2C1(C)C. The van der Waals surface area contributed by atoms with E-state index in [2.05, 4.69) is 26.8 Å². The zero-order valence-electron chi connectivity index (χ0n) is 12.0. The van der Waals surface area contributed by atoms with E-state index in [1.54, 1.807) is 6.92 Å². The van der Waals surface area contributed by atoms with Crippen molar-refractivity contribution >= 4 is 5.78 Å². The van der Waals surface area contributed by atoms with Crippen molar-refractivity contribution in [3.8, 4) is 0 Å². The molecule has 0 saturated heterocycles. The maximum absolute atomic E-state index is 11.7. The topological polar surface area (TPSA) is 17.1 Å². The quantitative estimate of drug-likeness (QED) is 0.711. The Morgan fingerprint density at radius 3 is 2.72 bits per heavy atom. The molecule has 1 aromatic carbocycles. The second-order valence-electron chi connectivity index (χ2n) is 6.15. The molecule has 0 heterocycles. The van der Waals surface area contributed by atoms with Crippen LogP contribution in [0, 0.1) is 5.92 Å². The van der Waals surface area contributed by atoms with Gasteiger partial charge in [-0.3, -0.25) is 4.79 Å². The first-order valence-corrected chi connectivity index (χ1v) is 7.11. The van der Waals surface area contributed by atoms with E-state index in [-0.39, 0.29) is 11.2 Å². The van der Waals surface area contributed by atoms with Crippen LogP contribution in [0.1, 0.15) is 68.4 Å². The summed E-state index contributed by atoms with van der Waals surface area (Å²) in [5.74, 6) is 0.895. The summed E-state index contributed by atoms with van der Waals surface area (Å²) in [7, 11) is 0. The third-order valence-electron chi connectivity index (χ3n) is 4.63. The fourth-order valence-corrected chi connectivity index (χ4v) is 3.38. The molecule has 98 valence electrons. The van der Waals surface area contributed by atoms with Crippen molar-refractivity contribution in [2.24, 2.45) is 5.92 Å². The van der Waals surface area contributed by atoms with Gasteiger partial charge < -0.3 is 0 Å². The Morgan fingerprint density at radius 2 is 2.11 bits per heavy atom. The van der Waals surface area contributed by atoms with E-state index in [4.69, 9.17) is 0 Å². The Hall–Kier alpha value is -1.11. The molecular formula is C17H24O. The summed E-state index contributed by atoms with van der Waals surface area (Å²) < 4.78 is 0. The maximum atomic E-state index is 11.7. The fraction of sp³-hybridized carbons (Fsp3) is 0.588.